The Morgan fingerprint density at radius 1 is 1.63 bits per heavy atom. The number of hydrogen-bond donors (Lipinski definition) is 4. The number of aromatic nitrogens is 2. The minimum absolute atomic E-state index is 0.0329. The molecule has 2 rings (SSSR count). The zero-order valence-electron chi connectivity index (χ0n) is 10.1. The van der Waals surface area contributed by atoms with E-state index < -0.39 is 17.5 Å². The standard InChI is InChI=1S/C11H15FN4O3/c12-7-3-14-10(8(16-7)9(13)18)15-5-11(19)1-6(2-11)4-17/h3,6,17,19H,1-2,4-5H2,(H2,13,18)(H,14,15). The minimum Gasteiger partial charge on any atom is -0.396 e. The Kier molecular flexibility index (Phi) is 3.63. The zero-order chi connectivity index (χ0) is 14.0. The van der Waals surface area contributed by atoms with Crippen LogP contribution in [0.2, 0.25) is 0 Å². The summed E-state index contributed by atoms with van der Waals surface area (Å²) in [7, 11) is 0. The molecule has 19 heavy (non-hydrogen) atoms. The number of nitrogens with zero attached hydrogens (tertiary/aromatic N) is 2. The molecule has 0 aromatic carbocycles. The van der Waals surface area contributed by atoms with Crippen molar-refractivity contribution in [3.05, 3.63) is 17.8 Å². The van der Waals surface area contributed by atoms with E-state index in [2.05, 4.69) is 15.3 Å². The number of carbonyl (C=O) groups is 1. The first kappa shape index (κ1) is 13.6. The monoisotopic (exact) mass is 270 g/mol. The summed E-state index contributed by atoms with van der Waals surface area (Å²) in [5.74, 6) is -1.68. The van der Waals surface area contributed by atoms with Gasteiger partial charge >= 0.3 is 0 Å². The fourth-order valence-electron chi connectivity index (χ4n) is 2.21. The number of halogens is 1. The minimum atomic E-state index is -0.960. The summed E-state index contributed by atoms with van der Waals surface area (Å²) in [6, 6.07) is 0. The molecule has 7 nitrogen and oxygen atoms in total. The van der Waals surface area contributed by atoms with E-state index in [0.717, 1.165) is 6.20 Å². The van der Waals surface area contributed by atoms with Crippen molar-refractivity contribution in [3.8, 4) is 0 Å². The van der Waals surface area contributed by atoms with E-state index in [0.29, 0.717) is 12.8 Å². The summed E-state index contributed by atoms with van der Waals surface area (Å²) in [5.41, 5.74) is 3.81. The molecule has 1 heterocycles. The number of rotatable bonds is 5. The van der Waals surface area contributed by atoms with Gasteiger partial charge in [0.1, 0.15) is 0 Å². The van der Waals surface area contributed by atoms with Crippen LogP contribution in [0.25, 0.3) is 0 Å². The van der Waals surface area contributed by atoms with Gasteiger partial charge in [-0.25, -0.2) is 9.97 Å². The summed E-state index contributed by atoms with van der Waals surface area (Å²) in [6.45, 7) is 0.162. The molecule has 104 valence electrons. The molecule has 1 aromatic rings. The molecule has 0 bridgehead atoms. The van der Waals surface area contributed by atoms with Gasteiger partial charge in [0.15, 0.2) is 11.5 Å². The highest BCUT2D eigenvalue weighted by Crippen LogP contribution is 2.37. The SMILES string of the molecule is NC(=O)c1nc(F)cnc1NCC1(O)CC(CO)C1. The van der Waals surface area contributed by atoms with Gasteiger partial charge in [0.05, 0.1) is 11.8 Å². The maximum Gasteiger partial charge on any atom is 0.271 e. The molecule has 1 aromatic heterocycles. The van der Waals surface area contributed by atoms with E-state index in [1.54, 1.807) is 0 Å². The van der Waals surface area contributed by atoms with Crippen molar-refractivity contribution in [2.24, 2.45) is 11.7 Å². The van der Waals surface area contributed by atoms with Gasteiger partial charge in [-0.05, 0) is 18.8 Å². The van der Waals surface area contributed by atoms with Crippen molar-refractivity contribution in [2.45, 2.75) is 18.4 Å². The van der Waals surface area contributed by atoms with E-state index in [1.165, 1.54) is 0 Å². The number of amides is 1. The fourth-order valence-corrected chi connectivity index (χ4v) is 2.21. The fraction of sp³-hybridized carbons (Fsp3) is 0.545. The van der Waals surface area contributed by atoms with Crippen LogP contribution in [0.5, 0.6) is 0 Å². The maximum atomic E-state index is 12.9. The van der Waals surface area contributed by atoms with E-state index >= 15 is 0 Å². The summed E-state index contributed by atoms with van der Waals surface area (Å²) >= 11 is 0. The Morgan fingerprint density at radius 3 is 2.89 bits per heavy atom. The number of nitrogens with one attached hydrogen (secondary N) is 1. The smallest absolute Gasteiger partial charge is 0.271 e. The van der Waals surface area contributed by atoms with Crippen LogP contribution < -0.4 is 11.1 Å². The Labute approximate surface area is 108 Å². The lowest BCUT2D eigenvalue weighted by molar-refractivity contribution is -0.0764. The van der Waals surface area contributed by atoms with Crippen LogP contribution in [-0.2, 0) is 0 Å². The largest absolute Gasteiger partial charge is 0.396 e. The third-order valence-corrected chi connectivity index (χ3v) is 3.16. The van der Waals surface area contributed by atoms with Gasteiger partial charge in [0.25, 0.3) is 5.91 Å². The molecule has 0 spiro atoms. The number of nitrogens with two attached hydrogens (primary N) is 1. The number of anilines is 1. The molecule has 0 aliphatic heterocycles. The summed E-state index contributed by atoms with van der Waals surface area (Å²) in [4.78, 5) is 18.1. The number of aliphatic hydroxyl groups excluding tert-OH is 1. The lowest BCUT2D eigenvalue weighted by Crippen LogP contribution is -2.50. The van der Waals surface area contributed by atoms with Crippen LogP contribution >= 0.6 is 0 Å². The Morgan fingerprint density at radius 2 is 2.32 bits per heavy atom. The Balaban J connectivity index is 2.02. The average Bonchev–Trinajstić information content (AvgIpc) is 2.33. The topological polar surface area (TPSA) is 121 Å². The molecule has 1 saturated carbocycles. The van der Waals surface area contributed by atoms with Gasteiger partial charge in [-0.1, -0.05) is 0 Å². The molecule has 0 radical (unpaired) electrons. The van der Waals surface area contributed by atoms with E-state index in [-0.39, 0.29) is 30.6 Å². The second kappa shape index (κ2) is 5.06. The van der Waals surface area contributed by atoms with E-state index in [9.17, 15) is 14.3 Å². The molecule has 1 aliphatic carbocycles. The predicted molar refractivity (Wildman–Crippen MR) is 63.8 cm³/mol. The first-order valence-corrected chi connectivity index (χ1v) is 5.83. The lowest BCUT2D eigenvalue weighted by Gasteiger charge is -2.43. The van der Waals surface area contributed by atoms with Crippen LogP contribution in [0.1, 0.15) is 23.3 Å². The third-order valence-electron chi connectivity index (χ3n) is 3.16. The highest BCUT2D eigenvalue weighted by Gasteiger charge is 2.42. The zero-order valence-corrected chi connectivity index (χ0v) is 10.1. The summed E-state index contributed by atoms with van der Waals surface area (Å²) < 4.78 is 12.9. The number of primary amides is 1. The van der Waals surface area contributed by atoms with Crippen molar-refractivity contribution in [3.63, 3.8) is 0 Å². The van der Waals surface area contributed by atoms with Crippen LogP contribution in [0.3, 0.4) is 0 Å². The first-order valence-electron chi connectivity index (χ1n) is 5.83. The van der Waals surface area contributed by atoms with Crippen molar-refractivity contribution in [2.75, 3.05) is 18.5 Å². The van der Waals surface area contributed by atoms with Crippen molar-refractivity contribution < 1.29 is 19.4 Å². The molecule has 1 fully saturated rings. The Hall–Kier alpha value is -1.80. The second-order valence-electron chi connectivity index (χ2n) is 4.79. The second-order valence-corrected chi connectivity index (χ2v) is 4.79. The molecule has 5 N–H and O–H groups in total. The highest BCUT2D eigenvalue weighted by atomic mass is 19.1. The quantitative estimate of drug-likeness (QED) is 0.559. The van der Waals surface area contributed by atoms with Gasteiger partial charge in [-0.2, -0.15) is 4.39 Å². The van der Waals surface area contributed by atoms with Crippen molar-refractivity contribution in [1.29, 1.82) is 0 Å². The molecule has 0 unspecified atom stereocenters. The van der Waals surface area contributed by atoms with Crippen molar-refractivity contribution >= 4 is 11.7 Å². The number of aliphatic hydroxyl groups is 2. The van der Waals surface area contributed by atoms with Crippen LogP contribution in [-0.4, -0.2) is 44.8 Å². The van der Waals surface area contributed by atoms with Crippen LogP contribution in [0.4, 0.5) is 10.2 Å². The molecule has 1 aliphatic rings. The number of carbonyl (C=O) groups excluding carboxylic acids is 1. The molecular weight excluding hydrogens is 255 g/mol. The van der Waals surface area contributed by atoms with Gasteiger partial charge in [-0.3, -0.25) is 4.79 Å². The maximum absolute atomic E-state index is 12.9. The number of hydrogen-bond acceptors (Lipinski definition) is 6. The summed E-state index contributed by atoms with van der Waals surface area (Å²) in [5, 5.41) is 21.7. The van der Waals surface area contributed by atoms with Crippen molar-refractivity contribution in [1.82, 2.24) is 9.97 Å². The van der Waals surface area contributed by atoms with Gasteiger partial charge in [0.2, 0.25) is 5.95 Å². The molecule has 0 atom stereocenters. The van der Waals surface area contributed by atoms with Crippen LogP contribution in [0, 0.1) is 11.9 Å². The van der Waals surface area contributed by atoms with Gasteiger partial charge < -0.3 is 21.3 Å². The lowest BCUT2D eigenvalue weighted by atomic mass is 9.71. The van der Waals surface area contributed by atoms with Gasteiger partial charge in [-0.15, -0.1) is 0 Å². The van der Waals surface area contributed by atoms with Gasteiger partial charge in [0, 0.05) is 13.2 Å². The molecule has 0 saturated heterocycles. The normalized spacial score (nSPS) is 25.7. The predicted octanol–water partition coefficient (Wildman–Crippen LogP) is -0.740. The molecule has 1 amide bonds. The van der Waals surface area contributed by atoms with E-state index in [4.69, 9.17) is 10.8 Å². The first-order chi connectivity index (χ1) is 8.93. The van der Waals surface area contributed by atoms with Crippen LogP contribution in [0.15, 0.2) is 6.20 Å². The summed E-state index contributed by atoms with van der Waals surface area (Å²) in [6.07, 6.45) is 1.77. The average molecular weight is 270 g/mol. The molecular formula is C11H15FN4O3. The third kappa shape index (κ3) is 2.96. The molecule has 8 heteroatoms. The van der Waals surface area contributed by atoms with E-state index in [1.807, 2.05) is 0 Å². The highest BCUT2D eigenvalue weighted by molar-refractivity contribution is 5.95. The Bertz CT molecular complexity index is 491.